The van der Waals surface area contributed by atoms with E-state index in [1.165, 1.54) is 0 Å². The van der Waals surface area contributed by atoms with Crippen LogP contribution in [0.1, 0.15) is 82.1 Å². The van der Waals surface area contributed by atoms with E-state index < -0.39 is 16.6 Å². The molecule has 0 bridgehead atoms. The summed E-state index contributed by atoms with van der Waals surface area (Å²) in [4.78, 5) is 11.8. The molecule has 0 spiro atoms. The van der Waals surface area contributed by atoms with Crippen molar-refractivity contribution in [3.63, 3.8) is 0 Å². The Balaban J connectivity index is 5.06. The fourth-order valence-electron chi connectivity index (χ4n) is 3.09. The fourth-order valence-corrected chi connectivity index (χ4v) is 7.61. The third-order valence-electron chi connectivity index (χ3n) is 3.62. The Labute approximate surface area is 163 Å². The van der Waals surface area contributed by atoms with E-state index >= 15 is 0 Å². The molecule has 0 aromatic rings. The lowest BCUT2D eigenvalue weighted by Crippen LogP contribution is -2.37. The van der Waals surface area contributed by atoms with Gasteiger partial charge in [0.05, 0.1) is 5.92 Å². The number of hydrogen-bond acceptors (Lipinski definition) is 4. The smallest absolute Gasteiger partial charge is 0.307 e. The maximum atomic E-state index is 11.8. The van der Waals surface area contributed by atoms with Crippen LogP contribution in [-0.2, 0) is 4.79 Å². The van der Waals surface area contributed by atoms with Gasteiger partial charge in [-0.05, 0) is 37.5 Å². The average Bonchev–Trinajstić information content (AvgIpc) is 2.17. The van der Waals surface area contributed by atoms with Crippen molar-refractivity contribution in [1.29, 1.82) is 0 Å². The summed E-state index contributed by atoms with van der Waals surface area (Å²) in [6, 6.07) is 0. The van der Waals surface area contributed by atoms with Gasteiger partial charge in [-0.2, -0.15) is 0 Å². The van der Waals surface area contributed by atoms with Gasteiger partial charge in [-0.25, -0.2) is 0 Å². The summed E-state index contributed by atoms with van der Waals surface area (Å²) in [6.45, 7) is 21.4. The molecule has 5 heteroatoms. The third-order valence-corrected chi connectivity index (χ3v) is 6.46. The highest BCUT2D eigenvalue weighted by Gasteiger charge is 2.40. The number of aliphatic carboxylic acids is 1. The lowest BCUT2D eigenvalue weighted by atomic mass is 9.79. The van der Waals surface area contributed by atoms with Crippen LogP contribution in [0.5, 0.6) is 0 Å². The van der Waals surface area contributed by atoms with Crippen molar-refractivity contribution in [2.45, 2.75) is 91.6 Å². The van der Waals surface area contributed by atoms with E-state index in [1.807, 2.05) is 13.8 Å². The molecule has 0 aliphatic carbocycles. The molecule has 0 radical (unpaired) electrons. The monoisotopic (exact) mass is 392 g/mol. The molecular formula is C19H36O2S3. The molecule has 0 aliphatic heterocycles. The van der Waals surface area contributed by atoms with E-state index in [0.29, 0.717) is 6.42 Å². The van der Waals surface area contributed by atoms with Gasteiger partial charge >= 0.3 is 5.97 Å². The van der Waals surface area contributed by atoms with Crippen molar-refractivity contribution in [3.05, 3.63) is 0 Å². The first-order valence-electron chi connectivity index (χ1n) is 8.49. The van der Waals surface area contributed by atoms with E-state index in [1.54, 1.807) is 23.5 Å². The molecule has 0 saturated heterocycles. The van der Waals surface area contributed by atoms with Crippen LogP contribution < -0.4 is 0 Å². The van der Waals surface area contributed by atoms with Gasteiger partial charge in [-0.1, -0.05) is 67.6 Å². The molecule has 142 valence electrons. The van der Waals surface area contributed by atoms with Gasteiger partial charge in [0.2, 0.25) is 0 Å². The van der Waals surface area contributed by atoms with E-state index in [9.17, 15) is 9.90 Å². The van der Waals surface area contributed by atoms with Crippen molar-refractivity contribution in [3.8, 4) is 0 Å². The second-order valence-electron chi connectivity index (χ2n) is 10.2. The summed E-state index contributed by atoms with van der Waals surface area (Å²) >= 11 is 8.87. The highest BCUT2D eigenvalue weighted by Crippen LogP contribution is 2.46. The molecule has 1 N–H and O–H groups in total. The number of thiocarbonyl (C=S) groups is 1. The predicted octanol–water partition coefficient (Wildman–Crippen LogP) is 6.87. The van der Waals surface area contributed by atoms with Crippen LogP contribution in [0, 0.1) is 16.7 Å². The molecule has 24 heavy (non-hydrogen) atoms. The average molecular weight is 393 g/mol. The first kappa shape index (κ1) is 24.3. The molecular weight excluding hydrogens is 356 g/mol. The van der Waals surface area contributed by atoms with Gasteiger partial charge in [0, 0.05) is 9.49 Å². The highest BCUT2D eigenvalue weighted by molar-refractivity contribution is 8.48. The van der Waals surface area contributed by atoms with Crippen molar-refractivity contribution in [2.75, 3.05) is 0 Å². The number of carbonyl (C=O) groups is 1. The highest BCUT2D eigenvalue weighted by atomic mass is 32.2. The quantitative estimate of drug-likeness (QED) is 0.499. The lowest BCUT2D eigenvalue weighted by Gasteiger charge is -2.36. The third kappa shape index (κ3) is 10.3. The van der Waals surface area contributed by atoms with Crippen LogP contribution in [0.25, 0.3) is 0 Å². The summed E-state index contributed by atoms with van der Waals surface area (Å²) < 4.78 is 0.455. The van der Waals surface area contributed by atoms with Gasteiger partial charge < -0.3 is 5.11 Å². The van der Waals surface area contributed by atoms with Crippen molar-refractivity contribution in [2.24, 2.45) is 16.7 Å². The number of hydrogen-bond donors (Lipinski definition) is 1. The largest absolute Gasteiger partial charge is 0.481 e. The Kier molecular flexibility index (Phi) is 8.39. The van der Waals surface area contributed by atoms with E-state index in [2.05, 4.69) is 55.4 Å². The molecule has 0 rings (SSSR count). The zero-order valence-corrected chi connectivity index (χ0v) is 19.5. The Hall–Kier alpha value is 0.260. The summed E-state index contributed by atoms with van der Waals surface area (Å²) in [5.74, 6) is -1.16. The predicted molar refractivity (Wildman–Crippen MR) is 115 cm³/mol. The van der Waals surface area contributed by atoms with Crippen LogP contribution in [0.3, 0.4) is 0 Å². The maximum absolute atomic E-state index is 11.8. The van der Waals surface area contributed by atoms with Gasteiger partial charge in [0.1, 0.15) is 3.53 Å². The molecule has 0 heterocycles. The standard InChI is InChI=1S/C19H36O2S3/c1-16(2,3)11-13(14(20)21)19(9,10)24-15(22)23-18(7,8)12-17(4,5)6/h13H,11-12H2,1-10H3,(H,20,21). The number of carboxylic acid groups (broad SMARTS) is 1. The summed E-state index contributed by atoms with van der Waals surface area (Å²) in [7, 11) is 0. The molecule has 0 saturated carbocycles. The van der Waals surface area contributed by atoms with E-state index in [0.717, 1.165) is 9.95 Å². The minimum Gasteiger partial charge on any atom is -0.481 e. The minimum atomic E-state index is -0.732. The topological polar surface area (TPSA) is 37.3 Å². The van der Waals surface area contributed by atoms with E-state index in [-0.39, 0.29) is 15.6 Å². The molecule has 0 amide bonds. The number of thioether (sulfide) groups is 2. The van der Waals surface area contributed by atoms with Crippen LogP contribution >= 0.6 is 35.7 Å². The van der Waals surface area contributed by atoms with Crippen molar-refractivity contribution < 1.29 is 9.90 Å². The second kappa shape index (κ2) is 8.30. The Bertz CT molecular complexity index is 454. The van der Waals surface area contributed by atoms with Crippen LogP contribution in [0.15, 0.2) is 0 Å². The first-order chi connectivity index (χ1) is 10.3. The molecule has 0 aliphatic rings. The van der Waals surface area contributed by atoms with Crippen LogP contribution in [-0.4, -0.2) is 24.1 Å². The molecule has 0 aromatic heterocycles. The van der Waals surface area contributed by atoms with Gasteiger partial charge in [-0.3, -0.25) is 4.79 Å². The van der Waals surface area contributed by atoms with Gasteiger partial charge in [-0.15, -0.1) is 23.5 Å². The van der Waals surface area contributed by atoms with Crippen LogP contribution in [0.2, 0.25) is 0 Å². The number of carboxylic acids is 1. The summed E-state index contributed by atoms with van der Waals surface area (Å²) in [6.07, 6.45) is 1.69. The first-order valence-corrected chi connectivity index (χ1v) is 10.5. The molecule has 0 fully saturated rings. The summed E-state index contributed by atoms with van der Waals surface area (Å²) in [5.41, 5.74) is 0.212. The molecule has 1 unspecified atom stereocenters. The normalized spacial score (nSPS) is 15.2. The Morgan fingerprint density at radius 1 is 0.917 bits per heavy atom. The number of rotatable bonds is 6. The minimum absolute atomic E-state index is 0.0266. The Morgan fingerprint density at radius 2 is 1.38 bits per heavy atom. The van der Waals surface area contributed by atoms with Gasteiger partial charge in [0.25, 0.3) is 0 Å². The lowest BCUT2D eigenvalue weighted by molar-refractivity contribution is -0.143. The van der Waals surface area contributed by atoms with Crippen molar-refractivity contribution >= 4 is 45.2 Å². The van der Waals surface area contributed by atoms with Crippen LogP contribution in [0.4, 0.5) is 0 Å². The SMILES string of the molecule is CC(C)(C)CC(C(=O)O)C(C)(C)SC(=S)SC(C)(C)CC(C)(C)C. The zero-order chi connectivity index (χ0) is 19.6. The molecule has 2 nitrogen and oxygen atoms in total. The molecule has 0 aromatic carbocycles. The Morgan fingerprint density at radius 3 is 1.71 bits per heavy atom. The maximum Gasteiger partial charge on any atom is 0.307 e. The fraction of sp³-hybridized carbons (Fsp3) is 0.895. The molecule has 1 atom stereocenters. The second-order valence-corrected chi connectivity index (χ2v) is 14.8. The van der Waals surface area contributed by atoms with Crippen molar-refractivity contribution in [1.82, 2.24) is 0 Å². The summed E-state index contributed by atoms with van der Waals surface area (Å²) in [5, 5.41) is 9.71. The van der Waals surface area contributed by atoms with Gasteiger partial charge in [0.15, 0.2) is 0 Å². The zero-order valence-electron chi connectivity index (χ0n) is 17.1. The van der Waals surface area contributed by atoms with E-state index in [4.69, 9.17) is 12.2 Å².